The lowest BCUT2D eigenvalue weighted by Crippen LogP contribution is -2.38. The summed E-state index contributed by atoms with van der Waals surface area (Å²) in [5, 5.41) is 2.77. The van der Waals surface area contributed by atoms with E-state index >= 15 is 0 Å². The van der Waals surface area contributed by atoms with Gasteiger partial charge in [0.25, 0.3) is 0 Å². The van der Waals surface area contributed by atoms with Crippen LogP contribution in [0, 0.1) is 0 Å². The van der Waals surface area contributed by atoms with Gasteiger partial charge in [0.1, 0.15) is 23.8 Å². The van der Waals surface area contributed by atoms with E-state index in [4.69, 9.17) is 14.2 Å². The number of carbonyl (C=O) groups excluding carboxylic acids is 1. The molecule has 2 aliphatic rings. The first kappa shape index (κ1) is 21.7. The maximum Gasteiger partial charge on any atom is 0.420 e. The fourth-order valence-corrected chi connectivity index (χ4v) is 3.98. The third-order valence-electron chi connectivity index (χ3n) is 5.45. The number of amides is 1. The van der Waals surface area contributed by atoms with Crippen LogP contribution in [0.3, 0.4) is 0 Å². The molecule has 0 bridgehead atoms. The van der Waals surface area contributed by atoms with Crippen molar-refractivity contribution in [3.8, 4) is 17.2 Å². The molecule has 0 saturated carbocycles. The normalized spacial score (nSPS) is 17.8. The lowest BCUT2D eigenvalue weighted by Gasteiger charge is -2.26. The zero-order valence-electron chi connectivity index (χ0n) is 17.5. The van der Waals surface area contributed by atoms with Gasteiger partial charge in [-0.05, 0) is 23.8 Å². The number of nitrogens with one attached hydrogen (secondary N) is 1. The Morgan fingerprint density at radius 2 is 1.88 bits per heavy atom. The van der Waals surface area contributed by atoms with Gasteiger partial charge in [-0.2, -0.15) is 13.2 Å². The molecule has 2 aromatic rings. The molecule has 1 saturated heterocycles. The Morgan fingerprint density at radius 1 is 1.09 bits per heavy atom. The molecule has 0 aromatic heterocycles. The first-order valence-electron chi connectivity index (χ1n) is 9.90. The molecular weight excluding hydrogens is 425 g/mol. The van der Waals surface area contributed by atoms with Gasteiger partial charge in [0.2, 0.25) is 5.91 Å². The predicted octanol–water partition coefficient (Wildman–Crippen LogP) is 4.24. The van der Waals surface area contributed by atoms with Gasteiger partial charge in [0.15, 0.2) is 11.5 Å². The van der Waals surface area contributed by atoms with Gasteiger partial charge >= 0.3 is 6.18 Å². The van der Waals surface area contributed by atoms with E-state index in [0.29, 0.717) is 23.9 Å². The lowest BCUT2D eigenvalue weighted by atomic mass is 9.85. The standard InChI is InChI=1S/C23H21F3N2O4/c1-30-18-5-3-4-14(21(18)23(24,25)26)12-32-17-7-6-13(10-19(17)31-2)16-11-20(29)28-22-15(16)8-9-27-22/h3-8,10,16H,9,11-12H2,1-2H3,(H,27,28,29). The maximum atomic E-state index is 13.6. The van der Waals surface area contributed by atoms with E-state index in [2.05, 4.69) is 10.3 Å². The van der Waals surface area contributed by atoms with Crippen molar-refractivity contribution in [2.45, 2.75) is 25.1 Å². The van der Waals surface area contributed by atoms with Crippen molar-refractivity contribution in [1.29, 1.82) is 0 Å². The second-order valence-electron chi connectivity index (χ2n) is 7.34. The van der Waals surface area contributed by atoms with Crippen molar-refractivity contribution < 1.29 is 32.2 Å². The number of aliphatic imine (C=N–C) groups is 1. The molecule has 1 N–H and O–H groups in total. The second kappa shape index (κ2) is 8.57. The average Bonchev–Trinajstić information content (AvgIpc) is 3.24. The molecule has 2 heterocycles. The smallest absolute Gasteiger partial charge is 0.420 e. The van der Waals surface area contributed by atoms with Crippen molar-refractivity contribution in [3.63, 3.8) is 0 Å². The average molecular weight is 446 g/mol. The molecule has 1 fully saturated rings. The van der Waals surface area contributed by atoms with Crippen molar-refractivity contribution in [3.05, 3.63) is 64.7 Å². The highest BCUT2D eigenvalue weighted by Crippen LogP contribution is 2.41. The summed E-state index contributed by atoms with van der Waals surface area (Å²) in [6, 6.07) is 9.26. The molecule has 1 atom stereocenters. The third kappa shape index (κ3) is 4.15. The van der Waals surface area contributed by atoms with E-state index in [-0.39, 0.29) is 36.2 Å². The van der Waals surface area contributed by atoms with E-state index in [0.717, 1.165) is 11.1 Å². The van der Waals surface area contributed by atoms with Crippen LogP contribution in [0.25, 0.3) is 0 Å². The van der Waals surface area contributed by atoms with E-state index in [1.165, 1.54) is 32.4 Å². The summed E-state index contributed by atoms with van der Waals surface area (Å²) in [7, 11) is 2.65. The highest BCUT2D eigenvalue weighted by atomic mass is 19.4. The molecule has 6 nitrogen and oxygen atoms in total. The van der Waals surface area contributed by atoms with Crippen LogP contribution in [0.5, 0.6) is 17.2 Å². The highest BCUT2D eigenvalue weighted by molar-refractivity contribution is 6.12. The first-order valence-corrected chi connectivity index (χ1v) is 9.90. The molecule has 2 aromatic carbocycles. The van der Waals surface area contributed by atoms with Crippen LogP contribution in [0.4, 0.5) is 13.2 Å². The number of nitrogens with zero attached hydrogens (tertiary/aromatic N) is 1. The number of hydrogen-bond acceptors (Lipinski definition) is 5. The van der Waals surface area contributed by atoms with Crippen LogP contribution in [-0.2, 0) is 17.6 Å². The fourth-order valence-electron chi connectivity index (χ4n) is 3.98. The van der Waals surface area contributed by atoms with E-state index < -0.39 is 11.7 Å². The molecule has 4 rings (SSSR count). The molecule has 1 unspecified atom stereocenters. The molecule has 9 heteroatoms. The number of fused-ring (bicyclic) bond motifs is 1. The van der Waals surface area contributed by atoms with Crippen molar-refractivity contribution >= 4 is 11.7 Å². The number of halogens is 3. The number of hydrogen-bond donors (Lipinski definition) is 1. The number of ether oxygens (including phenoxy) is 3. The first-order chi connectivity index (χ1) is 15.3. The van der Waals surface area contributed by atoms with Gasteiger partial charge in [-0.25, -0.2) is 0 Å². The Balaban J connectivity index is 1.59. The number of piperidine rings is 1. The highest BCUT2D eigenvalue weighted by Gasteiger charge is 2.37. The molecule has 0 aliphatic carbocycles. The zero-order chi connectivity index (χ0) is 22.9. The van der Waals surface area contributed by atoms with Crippen LogP contribution in [0.2, 0.25) is 0 Å². The van der Waals surface area contributed by atoms with E-state index in [1.54, 1.807) is 18.2 Å². The van der Waals surface area contributed by atoms with Crippen molar-refractivity contribution in [2.24, 2.45) is 4.99 Å². The van der Waals surface area contributed by atoms with Crippen molar-refractivity contribution in [1.82, 2.24) is 5.32 Å². The molecule has 32 heavy (non-hydrogen) atoms. The minimum absolute atomic E-state index is 0.0519. The molecule has 168 valence electrons. The minimum Gasteiger partial charge on any atom is -0.496 e. The monoisotopic (exact) mass is 446 g/mol. The summed E-state index contributed by atoms with van der Waals surface area (Å²) in [5.74, 6) is 0.679. The Labute approximate surface area is 182 Å². The molecule has 0 radical (unpaired) electrons. The Hall–Kier alpha value is -3.49. The van der Waals surface area contributed by atoms with Crippen LogP contribution in [0.15, 0.2) is 53.0 Å². The van der Waals surface area contributed by atoms with Gasteiger partial charge in [-0.1, -0.05) is 24.3 Å². The topological polar surface area (TPSA) is 69.2 Å². The van der Waals surface area contributed by atoms with Crippen LogP contribution in [0.1, 0.15) is 29.0 Å². The molecule has 1 amide bonds. The Kier molecular flexibility index (Phi) is 5.82. The van der Waals surface area contributed by atoms with Crippen molar-refractivity contribution in [2.75, 3.05) is 20.8 Å². The van der Waals surface area contributed by atoms with E-state index in [1.807, 2.05) is 6.08 Å². The maximum absolute atomic E-state index is 13.6. The van der Waals surface area contributed by atoms with Gasteiger partial charge in [0.05, 0.1) is 20.8 Å². The molecular formula is C23H21F3N2O4. The fraction of sp³-hybridized carbons (Fsp3) is 0.304. The lowest BCUT2D eigenvalue weighted by molar-refractivity contribution is -0.139. The van der Waals surface area contributed by atoms with E-state index in [9.17, 15) is 18.0 Å². The number of amidine groups is 1. The third-order valence-corrected chi connectivity index (χ3v) is 5.45. The molecule has 0 spiro atoms. The van der Waals surface area contributed by atoms with Crippen LogP contribution in [-0.4, -0.2) is 32.5 Å². The predicted molar refractivity (Wildman–Crippen MR) is 111 cm³/mol. The largest absolute Gasteiger partial charge is 0.496 e. The van der Waals surface area contributed by atoms with Crippen LogP contribution >= 0.6 is 0 Å². The molecule has 2 aliphatic heterocycles. The summed E-state index contributed by atoms with van der Waals surface area (Å²) in [6.45, 7) is 0.192. The zero-order valence-corrected chi connectivity index (χ0v) is 17.5. The summed E-state index contributed by atoms with van der Waals surface area (Å²) in [6.07, 6.45) is -2.35. The number of carbonyl (C=O) groups is 1. The van der Waals surface area contributed by atoms with Gasteiger partial charge in [0, 0.05) is 23.5 Å². The number of rotatable bonds is 6. The Bertz CT molecular complexity index is 1110. The summed E-state index contributed by atoms with van der Waals surface area (Å²) in [4.78, 5) is 16.3. The quantitative estimate of drug-likeness (QED) is 0.721. The second-order valence-corrected chi connectivity index (χ2v) is 7.34. The Morgan fingerprint density at radius 3 is 2.59 bits per heavy atom. The van der Waals surface area contributed by atoms with Gasteiger partial charge in [-0.3, -0.25) is 9.79 Å². The summed E-state index contributed by atoms with van der Waals surface area (Å²) in [5.41, 5.74) is 0.865. The summed E-state index contributed by atoms with van der Waals surface area (Å²) >= 11 is 0. The summed E-state index contributed by atoms with van der Waals surface area (Å²) < 4.78 is 56.7. The SMILES string of the molecule is COc1cc(C2CC(=O)NC3=NCC=C32)ccc1OCc1cccc(OC)c1C(F)(F)F. The minimum atomic E-state index is -4.59. The van der Waals surface area contributed by atoms with Gasteiger partial charge in [-0.15, -0.1) is 0 Å². The number of benzene rings is 2. The van der Waals surface area contributed by atoms with Crippen LogP contribution < -0.4 is 19.5 Å². The number of alkyl halides is 3. The van der Waals surface area contributed by atoms with Gasteiger partial charge < -0.3 is 19.5 Å². The number of methoxy groups -OCH3 is 2.